The van der Waals surface area contributed by atoms with Gasteiger partial charge in [0.15, 0.2) is 0 Å². The highest BCUT2D eigenvalue weighted by atomic mass is 16.3. The lowest BCUT2D eigenvalue weighted by molar-refractivity contribution is 0.219. The molecule has 0 aromatic carbocycles. The van der Waals surface area contributed by atoms with Crippen LogP contribution in [0.15, 0.2) is 37.1 Å². The van der Waals surface area contributed by atoms with E-state index in [0.717, 1.165) is 11.3 Å². The van der Waals surface area contributed by atoms with Gasteiger partial charge < -0.3 is 5.11 Å². The second-order valence-corrected chi connectivity index (χ2v) is 3.31. The van der Waals surface area contributed by atoms with Crippen molar-refractivity contribution in [3.8, 4) is 0 Å². The van der Waals surface area contributed by atoms with E-state index < -0.39 is 6.10 Å². The summed E-state index contributed by atoms with van der Waals surface area (Å²) in [5.41, 5.74) is 2.34. The second kappa shape index (κ2) is 4.14. The summed E-state index contributed by atoms with van der Waals surface area (Å²) in [5.74, 6) is 0. The molecule has 0 aliphatic heterocycles. The molecule has 1 unspecified atom stereocenters. The number of aryl methyl sites for hydroxylation is 1. The molecule has 15 heavy (non-hydrogen) atoms. The molecule has 4 heteroatoms. The molecule has 0 amide bonds. The molecule has 4 nitrogen and oxygen atoms in total. The predicted octanol–water partition coefficient (Wildman–Crippen LogP) is 1.26. The molecular weight excluding hydrogens is 190 g/mol. The fourth-order valence-electron chi connectivity index (χ4n) is 1.29. The van der Waals surface area contributed by atoms with Crippen molar-refractivity contribution in [3.05, 3.63) is 53.9 Å². The molecule has 0 aliphatic carbocycles. The first kappa shape index (κ1) is 9.73. The third-order valence-corrected chi connectivity index (χ3v) is 2.15. The number of aliphatic hydroxyl groups is 1. The maximum atomic E-state index is 9.96. The van der Waals surface area contributed by atoms with E-state index in [1.165, 1.54) is 6.33 Å². The van der Waals surface area contributed by atoms with Crippen molar-refractivity contribution in [2.75, 3.05) is 0 Å². The summed E-state index contributed by atoms with van der Waals surface area (Å²) in [7, 11) is 0. The first-order valence-electron chi connectivity index (χ1n) is 4.63. The largest absolute Gasteiger partial charge is 0.383 e. The molecule has 2 rings (SSSR count). The van der Waals surface area contributed by atoms with Gasteiger partial charge in [-0.1, -0.05) is 6.07 Å². The highest BCUT2D eigenvalue weighted by Gasteiger charge is 2.10. The predicted molar refractivity (Wildman–Crippen MR) is 55.1 cm³/mol. The number of aromatic nitrogens is 3. The highest BCUT2D eigenvalue weighted by Crippen LogP contribution is 2.19. The summed E-state index contributed by atoms with van der Waals surface area (Å²) in [5, 5.41) is 9.96. The Bertz CT molecular complexity index is 427. The zero-order valence-electron chi connectivity index (χ0n) is 8.33. The van der Waals surface area contributed by atoms with Crippen LogP contribution in [-0.4, -0.2) is 20.1 Å². The first-order valence-corrected chi connectivity index (χ1v) is 4.63. The van der Waals surface area contributed by atoms with Gasteiger partial charge >= 0.3 is 0 Å². The van der Waals surface area contributed by atoms with Gasteiger partial charge in [0.1, 0.15) is 12.4 Å². The van der Waals surface area contributed by atoms with Gasteiger partial charge in [0.2, 0.25) is 0 Å². The molecule has 0 saturated heterocycles. The Kier molecular flexibility index (Phi) is 2.69. The minimum Gasteiger partial charge on any atom is -0.383 e. The van der Waals surface area contributed by atoms with Gasteiger partial charge in [-0.3, -0.25) is 4.98 Å². The van der Waals surface area contributed by atoms with Crippen LogP contribution in [0.25, 0.3) is 0 Å². The van der Waals surface area contributed by atoms with E-state index in [1.54, 1.807) is 18.6 Å². The van der Waals surface area contributed by atoms with Crippen molar-refractivity contribution < 1.29 is 5.11 Å². The normalized spacial score (nSPS) is 12.4. The Morgan fingerprint density at radius 3 is 2.40 bits per heavy atom. The Morgan fingerprint density at radius 2 is 1.80 bits per heavy atom. The van der Waals surface area contributed by atoms with Crippen LogP contribution in [0.1, 0.15) is 22.9 Å². The maximum Gasteiger partial charge on any atom is 0.115 e. The van der Waals surface area contributed by atoms with Crippen LogP contribution >= 0.6 is 0 Å². The third-order valence-electron chi connectivity index (χ3n) is 2.15. The topological polar surface area (TPSA) is 58.9 Å². The first-order chi connectivity index (χ1) is 7.27. The second-order valence-electron chi connectivity index (χ2n) is 3.31. The fourth-order valence-corrected chi connectivity index (χ4v) is 1.29. The van der Waals surface area contributed by atoms with E-state index >= 15 is 0 Å². The molecule has 0 radical (unpaired) electrons. The molecule has 0 saturated carbocycles. The number of pyridine rings is 1. The van der Waals surface area contributed by atoms with Crippen molar-refractivity contribution in [1.82, 2.24) is 15.0 Å². The smallest absolute Gasteiger partial charge is 0.115 e. The monoisotopic (exact) mass is 201 g/mol. The molecule has 0 aliphatic rings. The third kappa shape index (κ3) is 2.16. The van der Waals surface area contributed by atoms with E-state index in [4.69, 9.17) is 0 Å². The van der Waals surface area contributed by atoms with Gasteiger partial charge in [-0.2, -0.15) is 0 Å². The van der Waals surface area contributed by atoms with Crippen LogP contribution in [0.2, 0.25) is 0 Å². The molecule has 0 spiro atoms. The molecule has 0 fully saturated rings. The molecule has 76 valence electrons. The minimum atomic E-state index is -0.709. The summed E-state index contributed by atoms with van der Waals surface area (Å²) < 4.78 is 0. The number of aliphatic hydroxyl groups excluding tert-OH is 1. The van der Waals surface area contributed by atoms with E-state index in [-0.39, 0.29) is 0 Å². The molecule has 2 heterocycles. The maximum absolute atomic E-state index is 9.96. The van der Waals surface area contributed by atoms with Gasteiger partial charge in [0, 0.05) is 35.4 Å². The number of nitrogens with zero attached hydrogens (tertiary/aromatic N) is 3. The Balaban J connectivity index is 2.29. The average molecular weight is 201 g/mol. The molecule has 0 bridgehead atoms. The number of hydrogen-bond acceptors (Lipinski definition) is 4. The number of rotatable bonds is 2. The van der Waals surface area contributed by atoms with Crippen molar-refractivity contribution in [3.63, 3.8) is 0 Å². The van der Waals surface area contributed by atoms with Crippen LogP contribution in [0.3, 0.4) is 0 Å². The summed E-state index contributed by atoms with van der Waals surface area (Å²) in [4.78, 5) is 11.8. The Hall–Kier alpha value is -1.81. The standard InChI is InChI=1S/C11H11N3O/c1-8-2-3-9(6-14-8)11(15)10-4-12-7-13-5-10/h2-7,11,15H,1H3. The van der Waals surface area contributed by atoms with Gasteiger partial charge in [-0.05, 0) is 13.0 Å². The molecule has 1 N–H and O–H groups in total. The van der Waals surface area contributed by atoms with E-state index in [2.05, 4.69) is 15.0 Å². The van der Waals surface area contributed by atoms with Crippen LogP contribution in [0.5, 0.6) is 0 Å². The van der Waals surface area contributed by atoms with E-state index in [1.807, 2.05) is 19.1 Å². The zero-order chi connectivity index (χ0) is 10.7. The van der Waals surface area contributed by atoms with Gasteiger partial charge in [0.05, 0.1) is 0 Å². The minimum absolute atomic E-state index is 0.670. The van der Waals surface area contributed by atoms with Crippen molar-refractivity contribution in [2.24, 2.45) is 0 Å². The molecule has 2 aromatic heterocycles. The SMILES string of the molecule is Cc1ccc(C(O)c2cncnc2)cn1. The zero-order valence-corrected chi connectivity index (χ0v) is 8.33. The Labute approximate surface area is 87.7 Å². The average Bonchev–Trinajstić information content (AvgIpc) is 2.30. The van der Waals surface area contributed by atoms with Gasteiger partial charge in [0.25, 0.3) is 0 Å². The van der Waals surface area contributed by atoms with Crippen LogP contribution < -0.4 is 0 Å². The molecular formula is C11H11N3O. The lowest BCUT2D eigenvalue weighted by Crippen LogP contribution is -2.01. The van der Waals surface area contributed by atoms with E-state index in [0.29, 0.717) is 5.56 Å². The number of hydrogen-bond donors (Lipinski definition) is 1. The molecule has 1 atom stereocenters. The van der Waals surface area contributed by atoms with Crippen LogP contribution in [0.4, 0.5) is 0 Å². The van der Waals surface area contributed by atoms with Crippen LogP contribution in [-0.2, 0) is 0 Å². The van der Waals surface area contributed by atoms with Crippen molar-refractivity contribution in [2.45, 2.75) is 13.0 Å². The lowest BCUT2D eigenvalue weighted by Gasteiger charge is -2.09. The summed E-state index contributed by atoms with van der Waals surface area (Å²) in [6.45, 7) is 1.90. The molecule has 2 aromatic rings. The quantitative estimate of drug-likeness (QED) is 0.794. The Morgan fingerprint density at radius 1 is 1.07 bits per heavy atom. The highest BCUT2D eigenvalue weighted by molar-refractivity contribution is 5.24. The summed E-state index contributed by atoms with van der Waals surface area (Å²) >= 11 is 0. The summed E-state index contributed by atoms with van der Waals surface area (Å²) in [6, 6.07) is 3.71. The van der Waals surface area contributed by atoms with Crippen molar-refractivity contribution in [1.29, 1.82) is 0 Å². The van der Waals surface area contributed by atoms with Gasteiger partial charge in [-0.15, -0.1) is 0 Å². The lowest BCUT2D eigenvalue weighted by atomic mass is 10.1. The van der Waals surface area contributed by atoms with E-state index in [9.17, 15) is 5.11 Å². The van der Waals surface area contributed by atoms with Crippen molar-refractivity contribution >= 4 is 0 Å². The van der Waals surface area contributed by atoms with Crippen LogP contribution in [0, 0.1) is 6.92 Å². The summed E-state index contributed by atoms with van der Waals surface area (Å²) in [6.07, 6.45) is 5.57. The van der Waals surface area contributed by atoms with Gasteiger partial charge in [-0.25, -0.2) is 9.97 Å². The fraction of sp³-hybridized carbons (Fsp3) is 0.182.